The van der Waals surface area contributed by atoms with Crippen LogP contribution in [-0.2, 0) is 11.8 Å². The van der Waals surface area contributed by atoms with Crippen LogP contribution in [0.3, 0.4) is 0 Å². The van der Waals surface area contributed by atoms with Crippen LogP contribution in [0.2, 0.25) is 10.0 Å². The second-order valence-electron chi connectivity index (χ2n) is 8.72. The van der Waals surface area contributed by atoms with Gasteiger partial charge in [-0.3, -0.25) is 4.79 Å². The van der Waals surface area contributed by atoms with E-state index in [1.165, 1.54) is 16.7 Å². The smallest absolute Gasteiger partial charge is 0.150 e. The Morgan fingerprint density at radius 1 is 1.04 bits per heavy atom. The van der Waals surface area contributed by atoms with Gasteiger partial charge in [-0.1, -0.05) is 29.3 Å². The van der Waals surface area contributed by atoms with Crippen LogP contribution in [0.5, 0.6) is 0 Å². The van der Waals surface area contributed by atoms with Crippen LogP contribution in [0.4, 0.5) is 0 Å². The van der Waals surface area contributed by atoms with Crippen molar-refractivity contribution in [1.29, 1.82) is 0 Å². The summed E-state index contributed by atoms with van der Waals surface area (Å²) in [6, 6.07) is 8.42. The highest BCUT2D eigenvalue weighted by Crippen LogP contribution is 2.70. The molecule has 1 aliphatic heterocycles. The van der Waals surface area contributed by atoms with Gasteiger partial charge in [0.15, 0.2) is 0 Å². The van der Waals surface area contributed by atoms with Gasteiger partial charge in [-0.25, -0.2) is 0 Å². The first-order valence-corrected chi connectivity index (χ1v) is 10.2. The van der Waals surface area contributed by atoms with Crippen LogP contribution in [0.1, 0.15) is 44.6 Å². The van der Waals surface area contributed by atoms with Crippen molar-refractivity contribution >= 4 is 29.5 Å². The van der Waals surface area contributed by atoms with Crippen LogP contribution >= 0.6 is 23.2 Å². The molecule has 27 heavy (non-hydrogen) atoms. The molecule has 0 spiro atoms. The van der Waals surface area contributed by atoms with E-state index in [-0.39, 0.29) is 10.8 Å². The average Bonchev–Trinajstić information content (AvgIpc) is 3.10. The number of fused-ring (bicyclic) bond motifs is 1. The van der Waals surface area contributed by atoms with Gasteiger partial charge >= 0.3 is 0 Å². The van der Waals surface area contributed by atoms with Gasteiger partial charge in [0.25, 0.3) is 0 Å². The first kappa shape index (κ1) is 19.0. The molecule has 0 amide bonds. The molecule has 4 rings (SSSR count). The Morgan fingerprint density at radius 2 is 1.74 bits per heavy atom. The molecule has 1 aliphatic carbocycles. The summed E-state index contributed by atoms with van der Waals surface area (Å²) in [5.74, 6) is 0. The maximum atomic E-state index is 11.4. The number of likely N-dealkylation sites (N-methyl/N-ethyl adjacent to an activating group) is 1. The quantitative estimate of drug-likeness (QED) is 0.626. The molecular formula is C23H25Cl2NO. The summed E-state index contributed by atoms with van der Waals surface area (Å²) in [6.07, 6.45) is 3.00. The number of nitrogens with zero attached hydrogens (tertiary/aromatic N) is 1. The lowest BCUT2D eigenvalue weighted by Gasteiger charge is -2.22. The molecule has 4 heteroatoms. The number of carbonyl (C=O) groups excluding carboxylic acids is 1. The van der Waals surface area contributed by atoms with E-state index in [0.717, 1.165) is 48.4 Å². The summed E-state index contributed by atoms with van der Waals surface area (Å²) in [4.78, 5) is 13.9. The molecule has 1 saturated heterocycles. The molecule has 2 aromatic carbocycles. The molecule has 2 aliphatic rings. The Labute approximate surface area is 171 Å². The predicted molar refractivity (Wildman–Crippen MR) is 112 cm³/mol. The van der Waals surface area contributed by atoms with Gasteiger partial charge in [-0.05, 0) is 92.1 Å². The third kappa shape index (κ3) is 2.85. The maximum absolute atomic E-state index is 11.4. The summed E-state index contributed by atoms with van der Waals surface area (Å²) in [5, 5.41) is 1.54. The van der Waals surface area contributed by atoms with E-state index in [0.29, 0.717) is 10.6 Å². The van der Waals surface area contributed by atoms with Crippen LogP contribution < -0.4 is 0 Å². The molecule has 2 nitrogen and oxygen atoms in total. The highest BCUT2D eigenvalue weighted by Gasteiger charge is 2.71. The summed E-state index contributed by atoms with van der Waals surface area (Å²) < 4.78 is 0. The molecule has 1 saturated carbocycles. The minimum atomic E-state index is 0.139. The van der Waals surface area contributed by atoms with Gasteiger partial charge in [-0.15, -0.1) is 0 Å². The Balaban J connectivity index is 1.76. The molecule has 0 aromatic heterocycles. The number of halogens is 2. The lowest BCUT2D eigenvalue weighted by Crippen LogP contribution is -2.23. The second kappa shape index (κ2) is 6.34. The minimum Gasteiger partial charge on any atom is -0.305 e. The van der Waals surface area contributed by atoms with E-state index in [2.05, 4.69) is 37.9 Å². The zero-order valence-corrected chi connectivity index (χ0v) is 17.8. The van der Waals surface area contributed by atoms with Crippen molar-refractivity contribution in [3.05, 3.63) is 67.7 Å². The van der Waals surface area contributed by atoms with E-state index in [9.17, 15) is 4.79 Å². The predicted octanol–water partition coefficient (Wildman–Crippen LogP) is 5.55. The van der Waals surface area contributed by atoms with Crippen LogP contribution in [0, 0.1) is 26.2 Å². The number of benzene rings is 2. The lowest BCUT2D eigenvalue weighted by molar-refractivity contribution is 0.112. The first-order chi connectivity index (χ1) is 12.7. The fourth-order valence-corrected chi connectivity index (χ4v) is 5.96. The summed E-state index contributed by atoms with van der Waals surface area (Å²) in [5.41, 5.74) is 6.85. The first-order valence-electron chi connectivity index (χ1n) is 9.41. The van der Waals surface area contributed by atoms with Crippen molar-refractivity contribution in [2.75, 3.05) is 20.1 Å². The molecule has 0 bridgehead atoms. The molecule has 0 radical (unpaired) electrons. The summed E-state index contributed by atoms with van der Waals surface area (Å²) in [6.45, 7) is 8.26. The molecule has 2 atom stereocenters. The summed E-state index contributed by atoms with van der Waals surface area (Å²) in [7, 11) is 2.20. The number of likely N-dealkylation sites (tertiary alicyclic amines) is 1. The van der Waals surface area contributed by atoms with Gasteiger partial charge < -0.3 is 4.90 Å². The molecule has 2 unspecified atom stereocenters. The maximum Gasteiger partial charge on any atom is 0.150 e. The van der Waals surface area contributed by atoms with E-state index < -0.39 is 0 Å². The molecule has 1 heterocycles. The van der Waals surface area contributed by atoms with Crippen molar-refractivity contribution < 1.29 is 4.79 Å². The number of rotatable bonds is 4. The third-order valence-electron chi connectivity index (χ3n) is 6.76. The highest BCUT2D eigenvalue weighted by molar-refractivity contribution is 6.32. The van der Waals surface area contributed by atoms with Gasteiger partial charge in [0, 0.05) is 34.1 Å². The van der Waals surface area contributed by atoms with E-state index >= 15 is 0 Å². The van der Waals surface area contributed by atoms with Crippen LogP contribution in [0.25, 0.3) is 0 Å². The van der Waals surface area contributed by atoms with Crippen molar-refractivity contribution in [3.8, 4) is 0 Å². The van der Waals surface area contributed by atoms with Crippen LogP contribution in [0.15, 0.2) is 24.3 Å². The number of carbonyl (C=O) groups is 1. The fraction of sp³-hybridized carbons (Fsp3) is 0.435. The Bertz CT molecular complexity index is 954. The Hall–Kier alpha value is -1.35. The highest BCUT2D eigenvalue weighted by atomic mass is 35.5. The number of piperidine rings is 1. The van der Waals surface area contributed by atoms with E-state index in [1.54, 1.807) is 0 Å². The zero-order valence-electron chi connectivity index (χ0n) is 16.3. The Kier molecular flexibility index (Phi) is 4.46. The van der Waals surface area contributed by atoms with Crippen molar-refractivity contribution in [2.45, 2.75) is 39.0 Å². The Morgan fingerprint density at radius 3 is 2.44 bits per heavy atom. The van der Waals surface area contributed by atoms with Gasteiger partial charge in [-0.2, -0.15) is 0 Å². The number of hydrogen-bond acceptors (Lipinski definition) is 2. The number of hydrogen-bond donors (Lipinski definition) is 0. The average molecular weight is 402 g/mol. The van der Waals surface area contributed by atoms with Crippen molar-refractivity contribution in [1.82, 2.24) is 4.90 Å². The van der Waals surface area contributed by atoms with Crippen molar-refractivity contribution in [2.24, 2.45) is 5.41 Å². The standard InChI is InChI=1S/C23H25Cl2NO/c1-14-5-19(16(3)20(24)6-14)23-11-22(23,12-26(4)13-23)9-17-7-18(10-27)15(2)21(25)8-17/h5-8,10H,9,11-13H2,1-4H3. The van der Waals surface area contributed by atoms with Gasteiger partial charge in [0.1, 0.15) is 6.29 Å². The van der Waals surface area contributed by atoms with Crippen molar-refractivity contribution in [3.63, 3.8) is 0 Å². The normalized spacial score (nSPS) is 26.9. The fourth-order valence-electron chi connectivity index (χ4n) is 5.44. The number of aryl methyl sites for hydroxylation is 1. The molecular weight excluding hydrogens is 377 g/mol. The summed E-state index contributed by atoms with van der Waals surface area (Å²) >= 11 is 12.9. The van der Waals surface area contributed by atoms with Gasteiger partial charge in [0.05, 0.1) is 0 Å². The molecule has 142 valence electrons. The zero-order chi connectivity index (χ0) is 19.6. The number of aldehydes is 1. The largest absolute Gasteiger partial charge is 0.305 e. The third-order valence-corrected chi connectivity index (χ3v) is 7.55. The molecule has 0 N–H and O–H groups in total. The minimum absolute atomic E-state index is 0.139. The van der Waals surface area contributed by atoms with E-state index in [1.807, 2.05) is 19.1 Å². The SMILES string of the molecule is Cc1cc(Cl)c(C)c(C23CN(C)CC2(Cc2cc(Cl)c(C)c(C=O)c2)C3)c1. The van der Waals surface area contributed by atoms with E-state index in [4.69, 9.17) is 23.2 Å². The monoisotopic (exact) mass is 401 g/mol. The molecule has 2 aromatic rings. The molecule has 2 fully saturated rings. The van der Waals surface area contributed by atoms with Crippen LogP contribution in [-0.4, -0.2) is 31.3 Å². The second-order valence-corrected chi connectivity index (χ2v) is 9.53. The van der Waals surface area contributed by atoms with Gasteiger partial charge in [0.2, 0.25) is 0 Å². The topological polar surface area (TPSA) is 20.3 Å². The lowest BCUT2D eigenvalue weighted by atomic mass is 9.82.